The summed E-state index contributed by atoms with van der Waals surface area (Å²) in [6.07, 6.45) is 1.44. The Bertz CT molecular complexity index is 449. The maximum Gasteiger partial charge on any atom is 0.201 e. The summed E-state index contributed by atoms with van der Waals surface area (Å²) < 4.78 is 0. The van der Waals surface area contributed by atoms with E-state index in [0.717, 1.165) is 0 Å². The molecule has 0 spiro atoms. The van der Waals surface area contributed by atoms with Gasteiger partial charge in [0.15, 0.2) is 5.78 Å². The first kappa shape index (κ1) is 7.81. The van der Waals surface area contributed by atoms with Crippen molar-refractivity contribution in [1.29, 1.82) is 0 Å². The van der Waals surface area contributed by atoms with Gasteiger partial charge in [0.25, 0.3) is 0 Å². The Morgan fingerprint density at radius 3 is 3.15 bits per heavy atom. The van der Waals surface area contributed by atoms with E-state index >= 15 is 0 Å². The minimum Gasteiger partial charge on any atom is -0.324 e. The number of carbonyl (C=O) groups excluding carboxylic acids is 1. The molecule has 2 aromatic heterocycles. The van der Waals surface area contributed by atoms with Gasteiger partial charge in [0, 0.05) is 11.8 Å². The minimum absolute atomic E-state index is 0.0228. The molecule has 2 rings (SSSR count). The molecule has 0 aromatic carbocycles. The largest absolute Gasteiger partial charge is 0.324 e. The minimum atomic E-state index is -0.155. The van der Waals surface area contributed by atoms with Gasteiger partial charge in [0.1, 0.15) is 5.52 Å². The number of carbonyl (C=O) groups is 1. The third-order valence-corrected chi connectivity index (χ3v) is 1.68. The van der Waals surface area contributed by atoms with Crippen LogP contribution in [0, 0.1) is 0 Å². The van der Waals surface area contributed by atoms with Gasteiger partial charge in [0.05, 0.1) is 6.54 Å². The van der Waals surface area contributed by atoms with Crippen molar-refractivity contribution in [3.8, 4) is 0 Å². The maximum atomic E-state index is 11.2. The molecule has 0 fully saturated rings. The van der Waals surface area contributed by atoms with Crippen LogP contribution < -0.4 is 5.73 Å². The lowest BCUT2D eigenvalue weighted by molar-refractivity contribution is 0.100. The van der Waals surface area contributed by atoms with Crippen LogP contribution in [0.2, 0.25) is 0 Å². The summed E-state index contributed by atoms with van der Waals surface area (Å²) in [7, 11) is 0. The van der Waals surface area contributed by atoms with Crippen molar-refractivity contribution in [3.05, 3.63) is 17.8 Å². The first-order valence-corrected chi connectivity index (χ1v) is 3.71. The lowest BCUT2D eigenvalue weighted by Crippen LogP contribution is -2.13. The Labute approximate surface area is 73.1 Å². The highest BCUT2D eigenvalue weighted by molar-refractivity contribution is 5.99. The highest BCUT2D eigenvalue weighted by atomic mass is 16.1. The smallest absolute Gasteiger partial charge is 0.201 e. The van der Waals surface area contributed by atoms with Crippen LogP contribution in [0.5, 0.6) is 0 Å². The summed E-state index contributed by atoms with van der Waals surface area (Å²) in [5.74, 6) is -0.155. The normalized spacial score (nSPS) is 10.5. The number of aromatic amines is 1. The number of hydrogen-bond acceptors (Lipinski definition) is 5. The zero-order valence-corrected chi connectivity index (χ0v) is 6.69. The molecule has 13 heavy (non-hydrogen) atoms. The average molecular weight is 177 g/mol. The topological polar surface area (TPSA) is 97.5 Å². The molecule has 0 aliphatic rings. The molecule has 0 amide bonds. The predicted molar refractivity (Wildman–Crippen MR) is 45.1 cm³/mol. The molecule has 0 radical (unpaired) electrons. The standard InChI is InChI=1S/C7H7N5O/c8-2-6(13)4-1-5-7(9-3-4)11-12-10-5/h1,3H,2,8H2,(H,9,10,11,12). The summed E-state index contributed by atoms with van der Waals surface area (Å²) in [5, 5.41) is 9.98. The number of ketones is 1. The van der Waals surface area contributed by atoms with E-state index in [1.54, 1.807) is 6.07 Å². The summed E-state index contributed by atoms with van der Waals surface area (Å²) in [5.41, 5.74) is 6.73. The van der Waals surface area contributed by atoms with Gasteiger partial charge < -0.3 is 5.73 Å². The lowest BCUT2D eigenvalue weighted by atomic mass is 10.2. The fourth-order valence-electron chi connectivity index (χ4n) is 1.01. The molecule has 2 aromatic rings. The molecule has 6 heteroatoms. The van der Waals surface area contributed by atoms with E-state index in [1.807, 2.05) is 0 Å². The van der Waals surface area contributed by atoms with Crippen LogP contribution in [0.3, 0.4) is 0 Å². The first-order chi connectivity index (χ1) is 6.31. The number of nitrogens with zero attached hydrogens (tertiary/aromatic N) is 3. The van der Waals surface area contributed by atoms with Crippen molar-refractivity contribution in [3.63, 3.8) is 0 Å². The maximum absolute atomic E-state index is 11.2. The molecule has 0 unspecified atom stereocenters. The Balaban J connectivity index is 2.54. The highest BCUT2D eigenvalue weighted by Crippen LogP contribution is 2.06. The van der Waals surface area contributed by atoms with E-state index in [2.05, 4.69) is 20.4 Å². The number of H-pyrrole nitrogens is 1. The Morgan fingerprint density at radius 2 is 2.38 bits per heavy atom. The second kappa shape index (κ2) is 2.91. The highest BCUT2D eigenvalue weighted by Gasteiger charge is 2.06. The van der Waals surface area contributed by atoms with Crippen molar-refractivity contribution in [2.24, 2.45) is 5.73 Å². The van der Waals surface area contributed by atoms with Crippen molar-refractivity contribution >= 4 is 16.9 Å². The van der Waals surface area contributed by atoms with Crippen LogP contribution in [-0.4, -0.2) is 32.7 Å². The van der Waals surface area contributed by atoms with Crippen molar-refractivity contribution in [1.82, 2.24) is 20.4 Å². The number of Topliss-reactive ketones (excluding diaryl/α,β-unsaturated/α-hetero) is 1. The van der Waals surface area contributed by atoms with E-state index in [1.165, 1.54) is 6.20 Å². The fraction of sp³-hybridized carbons (Fsp3) is 0.143. The van der Waals surface area contributed by atoms with E-state index in [4.69, 9.17) is 5.73 Å². The lowest BCUT2D eigenvalue weighted by Gasteiger charge is -1.94. The second-order valence-corrected chi connectivity index (χ2v) is 2.52. The van der Waals surface area contributed by atoms with E-state index in [0.29, 0.717) is 16.7 Å². The number of nitrogens with one attached hydrogen (secondary N) is 1. The van der Waals surface area contributed by atoms with E-state index in [9.17, 15) is 4.79 Å². The summed E-state index contributed by atoms with van der Waals surface area (Å²) in [4.78, 5) is 15.1. The SMILES string of the molecule is NCC(=O)c1cnc2n[nH]nc2c1. The molecule has 0 bridgehead atoms. The summed E-state index contributed by atoms with van der Waals surface area (Å²) in [6.45, 7) is -0.0228. The van der Waals surface area contributed by atoms with E-state index < -0.39 is 0 Å². The van der Waals surface area contributed by atoms with Gasteiger partial charge in [-0.15, -0.1) is 5.10 Å². The monoisotopic (exact) mass is 177 g/mol. The van der Waals surface area contributed by atoms with Crippen molar-refractivity contribution < 1.29 is 4.79 Å². The van der Waals surface area contributed by atoms with Crippen molar-refractivity contribution in [2.75, 3.05) is 6.54 Å². The zero-order chi connectivity index (χ0) is 9.26. The van der Waals surface area contributed by atoms with E-state index in [-0.39, 0.29) is 12.3 Å². The van der Waals surface area contributed by atoms with Crippen LogP contribution in [0.25, 0.3) is 11.2 Å². The first-order valence-electron chi connectivity index (χ1n) is 3.71. The average Bonchev–Trinajstić information content (AvgIpc) is 2.63. The number of aromatic nitrogens is 4. The molecular formula is C7H7N5O. The molecule has 2 heterocycles. The molecule has 0 aliphatic carbocycles. The molecule has 0 saturated heterocycles. The molecule has 0 saturated carbocycles. The van der Waals surface area contributed by atoms with Gasteiger partial charge in [-0.05, 0) is 6.07 Å². The van der Waals surface area contributed by atoms with Gasteiger partial charge in [0.2, 0.25) is 5.65 Å². The number of rotatable bonds is 2. The van der Waals surface area contributed by atoms with Gasteiger partial charge in [-0.2, -0.15) is 10.3 Å². The number of fused-ring (bicyclic) bond motifs is 1. The fourth-order valence-corrected chi connectivity index (χ4v) is 1.01. The molecule has 0 atom stereocenters. The second-order valence-electron chi connectivity index (χ2n) is 2.52. The number of nitrogens with two attached hydrogens (primary N) is 1. The molecule has 66 valence electrons. The van der Waals surface area contributed by atoms with Crippen LogP contribution in [0.4, 0.5) is 0 Å². The van der Waals surface area contributed by atoms with Gasteiger partial charge in [-0.25, -0.2) is 4.98 Å². The molecule has 6 nitrogen and oxygen atoms in total. The Kier molecular flexibility index (Phi) is 1.75. The quantitative estimate of drug-likeness (QED) is 0.602. The Morgan fingerprint density at radius 1 is 1.54 bits per heavy atom. The van der Waals surface area contributed by atoms with Gasteiger partial charge >= 0.3 is 0 Å². The Hall–Kier alpha value is -1.82. The third-order valence-electron chi connectivity index (χ3n) is 1.68. The van der Waals surface area contributed by atoms with Crippen LogP contribution in [0.1, 0.15) is 10.4 Å². The van der Waals surface area contributed by atoms with Crippen LogP contribution >= 0.6 is 0 Å². The molecular weight excluding hydrogens is 170 g/mol. The van der Waals surface area contributed by atoms with Crippen molar-refractivity contribution in [2.45, 2.75) is 0 Å². The summed E-state index contributed by atoms with van der Waals surface area (Å²) in [6, 6.07) is 1.61. The van der Waals surface area contributed by atoms with Crippen LogP contribution in [0.15, 0.2) is 12.3 Å². The molecule has 0 aliphatic heterocycles. The van der Waals surface area contributed by atoms with Gasteiger partial charge in [-0.1, -0.05) is 0 Å². The summed E-state index contributed by atoms with van der Waals surface area (Å²) >= 11 is 0. The predicted octanol–water partition coefficient (Wildman–Crippen LogP) is -0.506. The number of pyridine rings is 1. The van der Waals surface area contributed by atoms with Gasteiger partial charge in [-0.3, -0.25) is 4.79 Å². The number of hydrogen-bond donors (Lipinski definition) is 2. The molecule has 3 N–H and O–H groups in total. The zero-order valence-electron chi connectivity index (χ0n) is 6.69. The van der Waals surface area contributed by atoms with Crippen LogP contribution in [-0.2, 0) is 0 Å². The third kappa shape index (κ3) is 1.27.